The molecule has 2 rings (SSSR count). The van der Waals surface area contributed by atoms with Gasteiger partial charge in [0.2, 0.25) is 0 Å². The lowest BCUT2D eigenvalue weighted by molar-refractivity contribution is -0.137. The first-order chi connectivity index (χ1) is 9.10. The van der Waals surface area contributed by atoms with Crippen molar-refractivity contribution in [2.45, 2.75) is 19.4 Å². The molecule has 0 fully saturated rings. The number of benzene rings is 1. The number of amidine groups is 1. The summed E-state index contributed by atoms with van der Waals surface area (Å²) in [6.45, 7) is 0.542. The van der Waals surface area contributed by atoms with Crippen molar-refractivity contribution in [3.63, 3.8) is 0 Å². The van der Waals surface area contributed by atoms with Crippen molar-refractivity contribution in [3.05, 3.63) is 30.0 Å². The fourth-order valence-corrected chi connectivity index (χ4v) is 1.80. The molecule has 7 heteroatoms. The second kappa shape index (κ2) is 5.38. The van der Waals surface area contributed by atoms with Gasteiger partial charge in [-0.1, -0.05) is 5.16 Å². The average molecular weight is 262 g/mol. The Morgan fingerprint density at radius 3 is 2.95 bits per heavy atom. The van der Waals surface area contributed by atoms with E-state index in [1.165, 1.54) is 0 Å². The highest BCUT2D eigenvalue weighted by atomic mass is 16.4. The standard InChI is InChI=1S/C12H14N4O3/c13-12(15-19)8-3-4-10-9(6-8)7-16(14-10)5-1-2-11(17)18/h3-4,6-7,19H,1-2,5H2,(H2,13,15)(H,17,18). The zero-order valence-corrected chi connectivity index (χ0v) is 10.2. The summed E-state index contributed by atoms with van der Waals surface area (Å²) in [6, 6.07) is 5.26. The van der Waals surface area contributed by atoms with Gasteiger partial charge in [-0.3, -0.25) is 9.48 Å². The summed E-state index contributed by atoms with van der Waals surface area (Å²) in [6.07, 6.45) is 2.45. The van der Waals surface area contributed by atoms with Gasteiger partial charge in [-0.15, -0.1) is 0 Å². The van der Waals surface area contributed by atoms with Gasteiger partial charge in [-0.2, -0.15) is 5.10 Å². The molecule has 4 N–H and O–H groups in total. The maximum absolute atomic E-state index is 10.4. The summed E-state index contributed by atoms with van der Waals surface area (Å²) < 4.78 is 1.70. The molecule has 7 nitrogen and oxygen atoms in total. The molecule has 0 unspecified atom stereocenters. The summed E-state index contributed by atoms with van der Waals surface area (Å²) in [5, 5.41) is 25.3. The van der Waals surface area contributed by atoms with E-state index in [0.29, 0.717) is 18.5 Å². The number of oxime groups is 1. The Hall–Kier alpha value is -2.57. The third-order valence-corrected chi connectivity index (χ3v) is 2.73. The molecule has 1 aromatic heterocycles. The third kappa shape index (κ3) is 3.01. The van der Waals surface area contributed by atoms with Gasteiger partial charge in [0.25, 0.3) is 0 Å². The molecule has 0 aliphatic heterocycles. The van der Waals surface area contributed by atoms with Crippen molar-refractivity contribution >= 4 is 22.7 Å². The predicted octanol–water partition coefficient (Wildman–Crippen LogP) is 0.996. The quantitative estimate of drug-likeness (QED) is 0.322. The van der Waals surface area contributed by atoms with Crippen molar-refractivity contribution < 1.29 is 15.1 Å². The molecule has 1 aromatic carbocycles. The lowest BCUT2D eigenvalue weighted by Gasteiger charge is -1.97. The molecular formula is C12H14N4O3. The number of carboxylic acid groups (broad SMARTS) is 1. The minimum Gasteiger partial charge on any atom is -0.481 e. The van der Waals surface area contributed by atoms with E-state index >= 15 is 0 Å². The minimum atomic E-state index is -0.814. The van der Waals surface area contributed by atoms with Crippen LogP contribution in [0.1, 0.15) is 18.4 Å². The number of carboxylic acids is 1. The number of nitrogens with zero attached hydrogens (tertiary/aromatic N) is 3. The summed E-state index contributed by atoms with van der Waals surface area (Å²) in [5.74, 6) is -0.772. The second-order valence-electron chi connectivity index (χ2n) is 4.15. The highest BCUT2D eigenvalue weighted by molar-refractivity contribution is 6.00. The lowest BCUT2D eigenvalue weighted by atomic mass is 10.1. The second-order valence-corrected chi connectivity index (χ2v) is 4.15. The molecule has 100 valence electrons. The molecule has 0 bridgehead atoms. The van der Waals surface area contributed by atoms with E-state index < -0.39 is 5.97 Å². The first kappa shape index (κ1) is 12.9. The monoisotopic (exact) mass is 262 g/mol. The van der Waals surface area contributed by atoms with Crippen LogP contribution in [0.3, 0.4) is 0 Å². The number of carbonyl (C=O) groups is 1. The number of rotatable bonds is 5. The summed E-state index contributed by atoms with van der Waals surface area (Å²) in [7, 11) is 0. The SMILES string of the molecule is NC(=NO)c1ccc2nn(CCCC(=O)O)cc2c1. The molecule has 0 amide bonds. The maximum Gasteiger partial charge on any atom is 0.303 e. The van der Waals surface area contributed by atoms with Gasteiger partial charge in [0.15, 0.2) is 5.84 Å². The fourth-order valence-electron chi connectivity index (χ4n) is 1.80. The molecule has 0 aliphatic rings. The van der Waals surface area contributed by atoms with E-state index in [0.717, 1.165) is 10.9 Å². The normalized spacial score (nSPS) is 11.9. The van der Waals surface area contributed by atoms with Crippen LogP contribution in [0.5, 0.6) is 0 Å². The van der Waals surface area contributed by atoms with Crippen LogP contribution in [-0.4, -0.2) is 31.9 Å². The topological polar surface area (TPSA) is 114 Å². The van der Waals surface area contributed by atoms with E-state index in [9.17, 15) is 4.79 Å². The average Bonchev–Trinajstić information content (AvgIpc) is 2.78. The Balaban J connectivity index is 2.18. The summed E-state index contributed by atoms with van der Waals surface area (Å²) in [5.41, 5.74) is 6.91. The number of hydrogen-bond acceptors (Lipinski definition) is 4. The Morgan fingerprint density at radius 1 is 1.47 bits per heavy atom. The van der Waals surface area contributed by atoms with Gasteiger partial charge in [0, 0.05) is 30.1 Å². The van der Waals surface area contributed by atoms with Crippen molar-refractivity contribution in [2.75, 3.05) is 0 Å². The molecule has 0 aliphatic carbocycles. The van der Waals surface area contributed by atoms with Crippen LogP contribution in [0.4, 0.5) is 0 Å². The molecule has 19 heavy (non-hydrogen) atoms. The molecule has 2 aromatic rings. The van der Waals surface area contributed by atoms with E-state index in [1.54, 1.807) is 22.9 Å². The van der Waals surface area contributed by atoms with Crippen LogP contribution in [-0.2, 0) is 11.3 Å². The Morgan fingerprint density at radius 2 is 2.26 bits per heavy atom. The summed E-state index contributed by atoms with van der Waals surface area (Å²) in [4.78, 5) is 10.4. The molecular weight excluding hydrogens is 248 g/mol. The number of aliphatic carboxylic acids is 1. The van der Waals surface area contributed by atoms with Crippen molar-refractivity contribution in [1.82, 2.24) is 9.78 Å². The van der Waals surface area contributed by atoms with Crippen LogP contribution in [0, 0.1) is 0 Å². The van der Waals surface area contributed by atoms with Crippen molar-refractivity contribution in [3.8, 4) is 0 Å². The van der Waals surface area contributed by atoms with Crippen LogP contribution >= 0.6 is 0 Å². The Kier molecular flexibility index (Phi) is 3.65. The molecule has 0 atom stereocenters. The van der Waals surface area contributed by atoms with Gasteiger partial charge in [-0.05, 0) is 24.6 Å². The first-order valence-corrected chi connectivity index (χ1v) is 5.77. The minimum absolute atomic E-state index is 0.0422. The zero-order chi connectivity index (χ0) is 13.8. The molecule has 0 spiro atoms. The number of aryl methyl sites for hydroxylation is 1. The van der Waals surface area contributed by atoms with Crippen LogP contribution in [0.25, 0.3) is 10.9 Å². The first-order valence-electron chi connectivity index (χ1n) is 5.77. The zero-order valence-electron chi connectivity index (χ0n) is 10.2. The molecule has 0 radical (unpaired) electrons. The van der Waals surface area contributed by atoms with Gasteiger partial charge in [0.1, 0.15) is 0 Å². The third-order valence-electron chi connectivity index (χ3n) is 2.73. The number of hydrogen-bond donors (Lipinski definition) is 3. The van der Waals surface area contributed by atoms with Crippen molar-refractivity contribution in [2.24, 2.45) is 10.9 Å². The molecule has 0 saturated carbocycles. The smallest absolute Gasteiger partial charge is 0.303 e. The van der Waals surface area contributed by atoms with Crippen LogP contribution in [0.15, 0.2) is 29.6 Å². The Bertz CT molecular complexity index is 633. The predicted molar refractivity (Wildman–Crippen MR) is 69.1 cm³/mol. The van der Waals surface area contributed by atoms with E-state index in [-0.39, 0.29) is 12.3 Å². The molecule has 0 saturated heterocycles. The number of fused-ring (bicyclic) bond motifs is 1. The highest BCUT2D eigenvalue weighted by Crippen LogP contribution is 2.15. The lowest BCUT2D eigenvalue weighted by Crippen LogP contribution is -2.12. The fraction of sp³-hybridized carbons (Fsp3) is 0.250. The molecule has 1 heterocycles. The van der Waals surface area contributed by atoms with Gasteiger partial charge < -0.3 is 16.0 Å². The van der Waals surface area contributed by atoms with Gasteiger partial charge in [-0.25, -0.2) is 0 Å². The number of nitrogens with two attached hydrogens (primary N) is 1. The Labute approximate surface area is 108 Å². The van der Waals surface area contributed by atoms with E-state index in [4.69, 9.17) is 16.0 Å². The number of aromatic nitrogens is 2. The maximum atomic E-state index is 10.4. The van der Waals surface area contributed by atoms with Crippen LogP contribution in [0.2, 0.25) is 0 Å². The van der Waals surface area contributed by atoms with E-state index in [2.05, 4.69) is 10.3 Å². The van der Waals surface area contributed by atoms with E-state index in [1.807, 2.05) is 6.20 Å². The largest absolute Gasteiger partial charge is 0.481 e. The van der Waals surface area contributed by atoms with Crippen molar-refractivity contribution in [1.29, 1.82) is 0 Å². The van der Waals surface area contributed by atoms with Crippen LogP contribution < -0.4 is 5.73 Å². The van der Waals surface area contributed by atoms with Gasteiger partial charge >= 0.3 is 5.97 Å². The summed E-state index contributed by atoms with van der Waals surface area (Å²) >= 11 is 0. The highest BCUT2D eigenvalue weighted by Gasteiger charge is 2.05. The van der Waals surface area contributed by atoms with Gasteiger partial charge in [0.05, 0.1) is 5.52 Å².